The second-order valence-corrected chi connectivity index (χ2v) is 6.45. The molecule has 3 unspecified atom stereocenters. The van der Waals surface area contributed by atoms with Crippen molar-refractivity contribution in [1.82, 2.24) is 9.55 Å². The van der Waals surface area contributed by atoms with Crippen LogP contribution >= 0.6 is 0 Å². The lowest BCUT2D eigenvalue weighted by Gasteiger charge is -2.32. The van der Waals surface area contributed by atoms with E-state index in [0.717, 1.165) is 23.5 Å². The molecule has 2 aliphatic carbocycles. The van der Waals surface area contributed by atoms with Gasteiger partial charge < -0.3 is 9.88 Å². The molecule has 1 aromatic heterocycles. The highest BCUT2D eigenvalue weighted by molar-refractivity contribution is 5.32. The van der Waals surface area contributed by atoms with Crippen molar-refractivity contribution < 1.29 is 0 Å². The zero-order valence-electron chi connectivity index (χ0n) is 11.8. The minimum absolute atomic E-state index is 0.621. The van der Waals surface area contributed by atoms with Gasteiger partial charge in [0.2, 0.25) is 5.95 Å². The van der Waals surface area contributed by atoms with E-state index in [0.29, 0.717) is 12.1 Å². The van der Waals surface area contributed by atoms with Gasteiger partial charge in [-0.1, -0.05) is 13.8 Å². The van der Waals surface area contributed by atoms with Gasteiger partial charge in [0, 0.05) is 18.3 Å². The molecule has 3 nitrogen and oxygen atoms in total. The van der Waals surface area contributed by atoms with E-state index < -0.39 is 0 Å². The maximum atomic E-state index is 4.66. The number of anilines is 1. The molecule has 0 radical (unpaired) electrons. The predicted molar refractivity (Wildman–Crippen MR) is 74.8 cm³/mol. The maximum Gasteiger partial charge on any atom is 0.203 e. The second kappa shape index (κ2) is 4.60. The van der Waals surface area contributed by atoms with Crippen molar-refractivity contribution in [2.24, 2.45) is 11.8 Å². The Morgan fingerprint density at radius 2 is 1.94 bits per heavy atom. The van der Waals surface area contributed by atoms with E-state index >= 15 is 0 Å². The van der Waals surface area contributed by atoms with Gasteiger partial charge in [-0.15, -0.1) is 0 Å². The lowest BCUT2D eigenvalue weighted by molar-refractivity contribution is 0.260. The maximum absolute atomic E-state index is 4.66. The molecule has 3 heteroatoms. The number of aryl methyl sites for hydroxylation is 1. The molecule has 18 heavy (non-hydrogen) atoms. The smallest absolute Gasteiger partial charge is 0.203 e. The van der Waals surface area contributed by atoms with E-state index in [-0.39, 0.29) is 0 Å². The van der Waals surface area contributed by atoms with Crippen LogP contribution in [0.1, 0.15) is 57.7 Å². The first-order valence-corrected chi connectivity index (χ1v) is 7.45. The molecule has 0 bridgehead atoms. The number of hydrogen-bond donors (Lipinski definition) is 1. The Balaban J connectivity index is 1.69. The molecule has 2 saturated carbocycles. The predicted octanol–water partition coefficient (Wildman–Crippen LogP) is 3.76. The fourth-order valence-corrected chi connectivity index (χ4v) is 3.12. The van der Waals surface area contributed by atoms with Gasteiger partial charge in [-0.2, -0.15) is 0 Å². The van der Waals surface area contributed by atoms with Crippen LogP contribution in [-0.4, -0.2) is 15.6 Å². The third kappa shape index (κ3) is 2.40. The SMILES string of the molecule is Cc1cn(C2CC2)c(NC2CCC(C)C(C)C2)n1. The molecule has 0 aromatic carbocycles. The van der Waals surface area contributed by atoms with Gasteiger partial charge in [-0.3, -0.25) is 0 Å². The van der Waals surface area contributed by atoms with Crippen molar-refractivity contribution in [1.29, 1.82) is 0 Å². The standard InChI is InChI=1S/C15H25N3/c1-10-4-5-13(8-11(10)2)17-15-16-12(3)9-18(15)14-6-7-14/h9-11,13-14H,4-8H2,1-3H3,(H,16,17). The van der Waals surface area contributed by atoms with Crippen molar-refractivity contribution in [3.63, 3.8) is 0 Å². The van der Waals surface area contributed by atoms with Crippen LogP contribution in [0.5, 0.6) is 0 Å². The van der Waals surface area contributed by atoms with Crippen molar-refractivity contribution >= 4 is 5.95 Å². The van der Waals surface area contributed by atoms with E-state index in [2.05, 4.69) is 41.8 Å². The fraction of sp³-hybridized carbons (Fsp3) is 0.800. The Bertz CT molecular complexity index is 419. The Morgan fingerprint density at radius 1 is 1.17 bits per heavy atom. The third-order valence-corrected chi connectivity index (χ3v) is 4.72. The molecule has 2 aliphatic rings. The average Bonchev–Trinajstić information content (AvgIpc) is 3.09. The topological polar surface area (TPSA) is 29.9 Å². The highest BCUT2D eigenvalue weighted by atomic mass is 15.2. The molecule has 1 N–H and O–H groups in total. The van der Waals surface area contributed by atoms with E-state index in [4.69, 9.17) is 0 Å². The van der Waals surface area contributed by atoms with Gasteiger partial charge in [0.25, 0.3) is 0 Å². The summed E-state index contributed by atoms with van der Waals surface area (Å²) >= 11 is 0. The zero-order chi connectivity index (χ0) is 12.7. The van der Waals surface area contributed by atoms with Gasteiger partial charge in [-0.05, 0) is 50.9 Å². The summed E-state index contributed by atoms with van der Waals surface area (Å²) in [7, 11) is 0. The Kier molecular flexibility index (Phi) is 3.08. The molecule has 100 valence electrons. The number of imidazole rings is 1. The molecule has 0 amide bonds. The first-order valence-electron chi connectivity index (χ1n) is 7.45. The van der Waals surface area contributed by atoms with Crippen LogP contribution in [0.2, 0.25) is 0 Å². The first kappa shape index (κ1) is 12.1. The van der Waals surface area contributed by atoms with Crippen molar-refractivity contribution in [3.8, 4) is 0 Å². The van der Waals surface area contributed by atoms with Crippen molar-refractivity contribution in [2.75, 3.05) is 5.32 Å². The third-order valence-electron chi connectivity index (χ3n) is 4.72. The van der Waals surface area contributed by atoms with Crippen LogP contribution < -0.4 is 5.32 Å². The van der Waals surface area contributed by atoms with Crippen LogP contribution in [-0.2, 0) is 0 Å². The molecule has 0 spiro atoms. The normalized spacial score (nSPS) is 32.5. The zero-order valence-corrected chi connectivity index (χ0v) is 11.8. The van der Waals surface area contributed by atoms with Crippen LogP contribution in [0.15, 0.2) is 6.20 Å². The molecule has 3 rings (SSSR count). The molecular weight excluding hydrogens is 222 g/mol. The van der Waals surface area contributed by atoms with Crippen LogP contribution in [0.4, 0.5) is 5.95 Å². The van der Waals surface area contributed by atoms with Crippen LogP contribution in [0.3, 0.4) is 0 Å². The van der Waals surface area contributed by atoms with Gasteiger partial charge in [-0.25, -0.2) is 4.98 Å². The van der Waals surface area contributed by atoms with Gasteiger partial charge in [0.15, 0.2) is 0 Å². The number of nitrogens with one attached hydrogen (secondary N) is 1. The summed E-state index contributed by atoms with van der Waals surface area (Å²) in [5.41, 5.74) is 1.14. The Labute approximate surface area is 110 Å². The lowest BCUT2D eigenvalue weighted by atomic mass is 9.79. The molecule has 2 fully saturated rings. The molecule has 0 aliphatic heterocycles. The van der Waals surface area contributed by atoms with Gasteiger partial charge >= 0.3 is 0 Å². The second-order valence-electron chi connectivity index (χ2n) is 6.45. The van der Waals surface area contributed by atoms with Crippen LogP contribution in [0, 0.1) is 18.8 Å². The molecule has 0 saturated heterocycles. The minimum Gasteiger partial charge on any atom is -0.353 e. The van der Waals surface area contributed by atoms with Gasteiger partial charge in [0.1, 0.15) is 0 Å². The Hall–Kier alpha value is -0.990. The lowest BCUT2D eigenvalue weighted by Crippen LogP contribution is -2.31. The van der Waals surface area contributed by atoms with E-state index in [1.165, 1.54) is 32.1 Å². The summed E-state index contributed by atoms with van der Waals surface area (Å²) in [5, 5.41) is 3.69. The molecular formula is C15H25N3. The number of rotatable bonds is 3. The fourth-order valence-electron chi connectivity index (χ4n) is 3.12. The summed E-state index contributed by atoms with van der Waals surface area (Å²) in [6, 6.07) is 1.34. The van der Waals surface area contributed by atoms with E-state index in [9.17, 15) is 0 Å². The highest BCUT2D eigenvalue weighted by Gasteiger charge is 2.29. The summed E-state index contributed by atoms with van der Waals surface area (Å²) in [4.78, 5) is 4.66. The molecule has 3 atom stereocenters. The monoisotopic (exact) mass is 247 g/mol. The largest absolute Gasteiger partial charge is 0.353 e. The van der Waals surface area contributed by atoms with Crippen LogP contribution in [0.25, 0.3) is 0 Å². The summed E-state index contributed by atoms with van der Waals surface area (Å²) in [6.45, 7) is 6.86. The van der Waals surface area contributed by atoms with Crippen molar-refractivity contribution in [3.05, 3.63) is 11.9 Å². The average molecular weight is 247 g/mol. The first-order chi connectivity index (χ1) is 8.63. The van der Waals surface area contributed by atoms with Gasteiger partial charge in [0.05, 0.1) is 5.69 Å². The number of hydrogen-bond acceptors (Lipinski definition) is 2. The summed E-state index contributed by atoms with van der Waals surface area (Å²) < 4.78 is 2.36. The minimum atomic E-state index is 0.621. The Morgan fingerprint density at radius 3 is 2.61 bits per heavy atom. The highest BCUT2D eigenvalue weighted by Crippen LogP contribution is 2.38. The molecule has 1 aromatic rings. The number of aromatic nitrogens is 2. The summed E-state index contributed by atoms with van der Waals surface area (Å²) in [5.74, 6) is 2.83. The van der Waals surface area contributed by atoms with E-state index in [1.807, 2.05) is 0 Å². The van der Waals surface area contributed by atoms with E-state index in [1.54, 1.807) is 0 Å². The summed E-state index contributed by atoms with van der Waals surface area (Å²) in [6.07, 6.45) is 8.78. The quantitative estimate of drug-likeness (QED) is 0.881. The van der Waals surface area contributed by atoms with Crippen molar-refractivity contribution in [2.45, 2.75) is 65.0 Å². The number of nitrogens with zero attached hydrogens (tertiary/aromatic N) is 2. The molecule has 1 heterocycles.